The highest BCUT2D eigenvalue weighted by Crippen LogP contribution is 1.78. The Kier molecular flexibility index (Phi) is 2.69. The largest absolute Gasteiger partial charge is 0.465 e. The average molecular weight is 115 g/mol. The van der Waals surface area contributed by atoms with Gasteiger partial charge in [-0.3, -0.25) is 0 Å². The van der Waals surface area contributed by atoms with Crippen LogP contribution in [0.2, 0.25) is 0 Å². The second kappa shape index (κ2) is 3.07. The molecule has 1 atom stereocenters. The highest BCUT2D eigenvalue weighted by molar-refractivity contribution is 5.65. The van der Waals surface area contributed by atoms with E-state index in [1.54, 1.807) is 6.92 Å². The fourth-order valence-electron chi connectivity index (χ4n) is 0.254. The monoisotopic (exact) mass is 115 g/mol. The van der Waals surface area contributed by atoms with Crippen LogP contribution in [0.3, 0.4) is 0 Å². The van der Waals surface area contributed by atoms with E-state index in [1.165, 1.54) is 6.08 Å². The van der Waals surface area contributed by atoms with Gasteiger partial charge in [0.2, 0.25) is 0 Å². The summed E-state index contributed by atoms with van der Waals surface area (Å²) in [5.74, 6) is 0. The van der Waals surface area contributed by atoms with E-state index in [9.17, 15) is 4.79 Å². The van der Waals surface area contributed by atoms with Gasteiger partial charge in [-0.05, 0) is 6.92 Å². The number of nitrogens with one attached hydrogen (secondary N) is 1. The first-order chi connectivity index (χ1) is 3.66. The molecule has 0 aliphatic heterocycles. The van der Waals surface area contributed by atoms with Gasteiger partial charge in [-0.2, -0.15) is 0 Å². The lowest BCUT2D eigenvalue weighted by atomic mass is 10.3. The van der Waals surface area contributed by atoms with Crippen molar-refractivity contribution in [2.45, 2.75) is 13.0 Å². The Morgan fingerprint density at radius 1 is 2.00 bits per heavy atom. The minimum atomic E-state index is -1.02. The molecule has 0 saturated heterocycles. The molecule has 0 radical (unpaired) electrons. The van der Waals surface area contributed by atoms with Crippen molar-refractivity contribution in [3.63, 3.8) is 0 Å². The van der Waals surface area contributed by atoms with Crippen molar-refractivity contribution >= 4 is 6.09 Å². The predicted octanol–water partition coefficient (Wildman–Crippen LogP) is 0.829. The zero-order valence-electron chi connectivity index (χ0n) is 4.72. The molecule has 0 aromatic heterocycles. The summed E-state index contributed by atoms with van der Waals surface area (Å²) < 4.78 is 0. The Morgan fingerprint density at radius 3 is 2.62 bits per heavy atom. The maximum atomic E-state index is 9.81. The molecule has 0 saturated carbocycles. The molecule has 0 fully saturated rings. The molecule has 0 heterocycles. The molecule has 0 rings (SSSR count). The Bertz CT molecular complexity index is 101. The highest BCUT2D eigenvalue weighted by atomic mass is 16.4. The number of carboxylic acid groups (broad SMARTS) is 1. The van der Waals surface area contributed by atoms with Crippen molar-refractivity contribution in [3.05, 3.63) is 12.7 Å². The maximum Gasteiger partial charge on any atom is 0.405 e. The summed E-state index contributed by atoms with van der Waals surface area (Å²) in [6.45, 7) is 5.10. The van der Waals surface area contributed by atoms with Gasteiger partial charge in [0, 0.05) is 6.04 Å². The first-order valence-electron chi connectivity index (χ1n) is 2.29. The van der Waals surface area contributed by atoms with Crippen molar-refractivity contribution in [1.82, 2.24) is 5.32 Å². The lowest BCUT2D eigenvalue weighted by molar-refractivity contribution is 0.193. The van der Waals surface area contributed by atoms with Gasteiger partial charge in [-0.25, -0.2) is 4.79 Å². The molecule has 1 unspecified atom stereocenters. The summed E-state index contributed by atoms with van der Waals surface area (Å²) in [6.07, 6.45) is 0.506. The number of hydrogen-bond acceptors (Lipinski definition) is 1. The van der Waals surface area contributed by atoms with Gasteiger partial charge in [0.15, 0.2) is 0 Å². The Morgan fingerprint density at radius 2 is 2.50 bits per heavy atom. The van der Waals surface area contributed by atoms with Crippen molar-refractivity contribution in [3.8, 4) is 0 Å². The van der Waals surface area contributed by atoms with Crippen LogP contribution in [0, 0.1) is 0 Å². The van der Waals surface area contributed by atoms with Crippen LogP contribution in [0.15, 0.2) is 12.7 Å². The first-order valence-corrected chi connectivity index (χ1v) is 2.29. The predicted molar refractivity (Wildman–Crippen MR) is 30.8 cm³/mol. The SMILES string of the molecule is C=CC(C)NC(=O)O. The van der Waals surface area contributed by atoms with Gasteiger partial charge in [0.1, 0.15) is 0 Å². The lowest BCUT2D eigenvalue weighted by Crippen LogP contribution is -2.28. The molecule has 0 aromatic rings. The van der Waals surface area contributed by atoms with E-state index in [2.05, 4.69) is 11.9 Å². The van der Waals surface area contributed by atoms with Crippen LogP contribution >= 0.6 is 0 Å². The van der Waals surface area contributed by atoms with Gasteiger partial charge < -0.3 is 10.4 Å². The Hall–Kier alpha value is -0.990. The van der Waals surface area contributed by atoms with Crippen LogP contribution in [0.25, 0.3) is 0 Å². The fraction of sp³-hybridized carbons (Fsp3) is 0.400. The van der Waals surface area contributed by atoms with Crippen LogP contribution < -0.4 is 5.32 Å². The molecule has 0 bridgehead atoms. The van der Waals surface area contributed by atoms with Crippen LogP contribution in [0.4, 0.5) is 4.79 Å². The van der Waals surface area contributed by atoms with Gasteiger partial charge >= 0.3 is 6.09 Å². The van der Waals surface area contributed by atoms with Crippen LogP contribution in [0.5, 0.6) is 0 Å². The number of amides is 1. The topological polar surface area (TPSA) is 49.3 Å². The van der Waals surface area contributed by atoms with Gasteiger partial charge in [0.05, 0.1) is 0 Å². The smallest absolute Gasteiger partial charge is 0.405 e. The van der Waals surface area contributed by atoms with E-state index in [0.29, 0.717) is 0 Å². The molecule has 0 aliphatic carbocycles. The number of hydrogen-bond donors (Lipinski definition) is 2. The standard InChI is InChI=1S/C5H9NO2/c1-3-4(2)6-5(7)8/h3-4,6H,1H2,2H3,(H,7,8). The normalized spacial score (nSPS) is 12.1. The molecule has 3 heteroatoms. The highest BCUT2D eigenvalue weighted by Gasteiger charge is 1.96. The minimum absolute atomic E-state index is 0.160. The van der Waals surface area contributed by atoms with E-state index in [-0.39, 0.29) is 6.04 Å². The molecule has 0 aromatic carbocycles. The van der Waals surface area contributed by atoms with Gasteiger partial charge in [-0.15, -0.1) is 6.58 Å². The molecule has 8 heavy (non-hydrogen) atoms. The summed E-state index contributed by atoms with van der Waals surface area (Å²) in [6, 6.07) is -0.160. The second-order valence-electron chi connectivity index (χ2n) is 1.47. The van der Waals surface area contributed by atoms with Crippen LogP contribution in [-0.2, 0) is 0 Å². The van der Waals surface area contributed by atoms with E-state index in [1.807, 2.05) is 0 Å². The number of rotatable bonds is 2. The maximum absolute atomic E-state index is 9.81. The molecule has 46 valence electrons. The molecule has 0 aliphatic rings. The molecule has 0 spiro atoms. The second-order valence-corrected chi connectivity index (χ2v) is 1.47. The summed E-state index contributed by atoms with van der Waals surface area (Å²) in [5, 5.41) is 10.2. The number of carbonyl (C=O) groups is 1. The van der Waals surface area contributed by atoms with E-state index in [4.69, 9.17) is 5.11 Å². The summed E-state index contributed by atoms with van der Waals surface area (Å²) >= 11 is 0. The summed E-state index contributed by atoms with van der Waals surface area (Å²) in [5.41, 5.74) is 0. The summed E-state index contributed by atoms with van der Waals surface area (Å²) in [4.78, 5) is 9.81. The zero-order chi connectivity index (χ0) is 6.57. The van der Waals surface area contributed by atoms with Crippen molar-refractivity contribution in [2.24, 2.45) is 0 Å². The Labute approximate surface area is 48.0 Å². The third-order valence-electron chi connectivity index (χ3n) is 0.705. The van der Waals surface area contributed by atoms with E-state index in [0.717, 1.165) is 0 Å². The fourth-order valence-corrected chi connectivity index (χ4v) is 0.254. The molecule has 1 amide bonds. The zero-order valence-corrected chi connectivity index (χ0v) is 4.72. The lowest BCUT2D eigenvalue weighted by Gasteiger charge is -2.02. The molecule has 3 nitrogen and oxygen atoms in total. The van der Waals surface area contributed by atoms with E-state index >= 15 is 0 Å². The molecular weight excluding hydrogens is 106 g/mol. The van der Waals surface area contributed by atoms with Crippen molar-refractivity contribution in [2.75, 3.05) is 0 Å². The van der Waals surface area contributed by atoms with Crippen LogP contribution in [0.1, 0.15) is 6.92 Å². The quantitative estimate of drug-likeness (QED) is 0.523. The van der Waals surface area contributed by atoms with E-state index < -0.39 is 6.09 Å². The van der Waals surface area contributed by atoms with Crippen molar-refractivity contribution < 1.29 is 9.90 Å². The summed E-state index contributed by atoms with van der Waals surface area (Å²) in [7, 11) is 0. The van der Waals surface area contributed by atoms with Crippen LogP contribution in [-0.4, -0.2) is 17.2 Å². The minimum Gasteiger partial charge on any atom is -0.465 e. The first kappa shape index (κ1) is 7.01. The Balaban J connectivity index is 3.38. The van der Waals surface area contributed by atoms with Gasteiger partial charge in [-0.1, -0.05) is 6.08 Å². The molecular formula is C5H9NO2. The average Bonchev–Trinajstić information content (AvgIpc) is 1.65. The third-order valence-corrected chi connectivity index (χ3v) is 0.705. The third kappa shape index (κ3) is 3.21. The molecule has 2 N–H and O–H groups in total. The van der Waals surface area contributed by atoms with Gasteiger partial charge in [0.25, 0.3) is 0 Å². The van der Waals surface area contributed by atoms with Crippen molar-refractivity contribution in [1.29, 1.82) is 0 Å².